The van der Waals surface area contributed by atoms with Gasteiger partial charge in [-0.1, -0.05) is 44.2 Å². The Labute approximate surface area is 148 Å². The highest BCUT2D eigenvalue weighted by Gasteiger charge is 2.32. The number of carbonyl (C=O) groups is 1. The zero-order valence-corrected chi connectivity index (χ0v) is 15.2. The molecule has 1 aromatic rings. The Morgan fingerprint density at radius 1 is 1.46 bits per heavy atom. The van der Waals surface area contributed by atoms with E-state index < -0.39 is 5.54 Å². The summed E-state index contributed by atoms with van der Waals surface area (Å²) in [6, 6.07) is 2.29. The first-order valence-electron chi connectivity index (χ1n) is 8.66. The fraction of sp³-hybridized carbons (Fsp3) is 0.611. The van der Waals surface area contributed by atoms with Crippen LogP contribution in [0.2, 0.25) is 5.15 Å². The van der Waals surface area contributed by atoms with Crippen molar-refractivity contribution in [1.29, 1.82) is 5.26 Å². The van der Waals surface area contributed by atoms with Crippen molar-refractivity contribution < 1.29 is 4.79 Å². The molecule has 1 aliphatic rings. The molecule has 0 spiro atoms. The number of unbranched alkanes of at least 4 members (excludes halogenated alkanes) is 1. The summed E-state index contributed by atoms with van der Waals surface area (Å²) in [6.07, 6.45) is 9.74. The first-order chi connectivity index (χ1) is 11.5. The van der Waals surface area contributed by atoms with E-state index in [0.717, 1.165) is 62.7 Å². The van der Waals surface area contributed by atoms with Gasteiger partial charge < -0.3 is 5.32 Å². The third-order valence-electron chi connectivity index (χ3n) is 4.52. The minimum Gasteiger partial charge on any atom is -0.334 e. The summed E-state index contributed by atoms with van der Waals surface area (Å²) in [5, 5.41) is 17.3. The van der Waals surface area contributed by atoms with E-state index in [-0.39, 0.29) is 5.91 Å². The van der Waals surface area contributed by atoms with Gasteiger partial charge in [-0.15, -0.1) is 0 Å². The van der Waals surface area contributed by atoms with Crippen LogP contribution in [0.3, 0.4) is 0 Å². The van der Waals surface area contributed by atoms with E-state index in [9.17, 15) is 10.1 Å². The molecule has 0 unspecified atom stereocenters. The Bertz CT molecular complexity index is 651. The summed E-state index contributed by atoms with van der Waals surface area (Å²) >= 11 is 6.36. The van der Waals surface area contributed by atoms with Crippen LogP contribution >= 0.6 is 11.6 Å². The molecule has 0 saturated heterocycles. The number of aromatic nitrogens is 2. The third-order valence-corrected chi connectivity index (χ3v) is 4.92. The van der Waals surface area contributed by atoms with Gasteiger partial charge in [-0.2, -0.15) is 10.4 Å². The molecule has 1 aliphatic carbocycles. The highest BCUT2D eigenvalue weighted by atomic mass is 35.5. The van der Waals surface area contributed by atoms with Crippen LogP contribution in [0, 0.1) is 18.3 Å². The molecule has 0 radical (unpaired) electrons. The quantitative estimate of drug-likeness (QED) is 0.790. The van der Waals surface area contributed by atoms with Gasteiger partial charge in [0.15, 0.2) is 0 Å². The molecule has 1 heterocycles. The second-order valence-electron chi connectivity index (χ2n) is 6.44. The smallest absolute Gasteiger partial charge is 0.245 e. The largest absolute Gasteiger partial charge is 0.334 e. The van der Waals surface area contributed by atoms with Crippen LogP contribution in [-0.2, 0) is 11.3 Å². The lowest BCUT2D eigenvalue weighted by molar-refractivity contribution is -0.118. The van der Waals surface area contributed by atoms with Crippen molar-refractivity contribution >= 4 is 23.6 Å². The molecule has 130 valence electrons. The van der Waals surface area contributed by atoms with Crippen molar-refractivity contribution in [3.8, 4) is 6.07 Å². The summed E-state index contributed by atoms with van der Waals surface area (Å²) in [4.78, 5) is 12.2. The van der Waals surface area contributed by atoms with Crippen LogP contribution in [0.4, 0.5) is 0 Å². The number of amides is 1. The fourth-order valence-corrected chi connectivity index (χ4v) is 3.39. The molecule has 24 heavy (non-hydrogen) atoms. The van der Waals surface area contributed by atoms with Gasteiger partial charge in [-0.25, -0.2) is 0 Å². The molecule has 0 bridgehead atoms. The SMILES string of the molecule is CCCCn1nc(C)c(/C=C/C(=O)NC2(C#N)CCCCC2)c1Cl. The number of halogens is 1. The van der Waals surface area contributed by atoms with Crippen LogP contribution in [0.5, 0.6) is 0 Å². The van der Waals surface area contributed by atoms with E-state index in [4.69, 9.17) is 11.6 Å². The maximum atomic E-state index is 12.2. The van der Waals surface area contributed by atoms with Gasteiger partial charge in [-0.3, -0.25) is 9.48 Å². The van der Waals surface area contributed by atoms with Gasteiger partial charge in [0.1, 0.15) is 10.7 Å². The minimum absolute atomic E-state index is 0.254. The molecule has 1 aromatic heterocycles. The maximum Gasteiger partial charge on any atom is 0.245 e. The summed E-state index contributed by atoms with van der Waals surface area (Å²) in [5.41, 5.74) is 0.842. The van der Waals surface area contributed by atoms with Crippen molar-refractivity contribution in [2.75, 3.05) is 0 Å². The van der Waals surface area contributed by atoms with Gasteiger partial charge in [0.05, 0.1) is 11.8 Å². The molecule has 1 fully saturated rings. The molecular weight excluding hydrogens is 324 g/mol. The van der Waals surface area contributed by atoms with E-state index in [1.165, 1.54) is 6.08 Å². The number of carbonyl (C=O) groups excluding carboxylic acids is 1. The van der Waals surface area contributed by atoms with Crippen LogP contribution < -0.4 is 5.32 Å². The minimum atomic E-state index is -0.718. The predicted octanol–water partition coefficient (Wildman–Crippen LogP) is 4.00. The third kappa shape index (κ3) is 4.39. The van der Waals surface area contributed by atoms with Crippen LogP contribution in [0.1, 0.15) is 63.1 Å². The van der Waals surface area contributed by atoms with Crippen molar-refractivity contribution in [1.82, 2.24) is 15.1 Å². The molecule has 1 saturated carbocycles. The predicted molar refractivity (Wildman–Crippen MR) is 95.5 cm³/mol. The second-order valence-corrected chi connectivity index (χ2v) is 6.80. The summed E-state index contributed by atoms with van der Waals surface area (Å²) < 4.78 is 1.77. The van der Waals surface area contributed by atoms with Crippen LogP contribution in [-0.4, -0.2) is 21.2 Å². The number of hydrogen-bond donors (Lipinski definition) is 1. The zero-order chi connectivity index (χ0) is 17.6. The molecule has 0 aromatic carbocycles. The first-order valence-corrected chi connectivity index (χ1v) is 9.03. The lowest BCUT2D eigenvalue weighted by atomic mass is 9.83. The van der Waals surface area contributed by atoms with Crippen LogP contribution in [0.25, 0.3) is 6.08 Å². The molecule has 1 amide bonds. The normalized spacial score (nSPS) is 16.9. The van der Waals surface area contributed by atoms with Gasteiger partial charge in [0, 0.05) is 18.2 Å². The monoisotopic (exact) mass is 348 g/mol. The number of rotatable bonds is 6. The molecule has 0 aliphatic heterocycles. The van der Waals surface area contributed by atoms with Crippen molar-refractivity contribution in [2.24, 2.45) is 0 Å². The maximum absolute atomic E-state index is 12.2. The number of nitriles is 1. The van der Waals surface area contributed by atoms with Crippen molar-refractivity contribution in [3.63, 3.8) is 0 Å². The highest BCUT2D eigenvalue weighted by molar-refractivity contribution is 6.31. The lowest BCUT2D eigenvalue weighted by Crippen LogP contribution is -2.48. The van der Waals surface area contributed by atoms with E-state index in [1.54, 1.807) is 10.8 Å². The molecule has 2 rings (SSSR count). The van der Waals surface area contributed by atoms with Gasteiger partial charge in [-0.05, 0) is 32.3 Å². The lowest BCUT2D eigenvalue weighted by Gasteiger charge is -2.31. The second kappa shape index (κ2) is 8.34. The molecule has 5 nitrogen and oxygen atoms in total. The van der Waals surface area contributed by atoms with E-state index in [1.807, 2.05) is 6.92 Å². The summed E-state index contributed by atoms with van der Waals surface area (Å²) in [6.45, 7) is 4.77. The Kier molecular flexibility index (Phi) is 6.44. The van der Waals surface area contributed by atoms with Crippen molar-refractivity contribution in [3.05, 3.63) is 22.5 Å². The van der Waals surface area contributed by atoms with Gasteiger partial charge >= 0.3 is 0 Å². The van der Waals surface area contributed by atoms with E-state index >= 15 is 0 Å². The number of aryl methyl sites for hydroxylation is 2. The molecule has 0 atom stereocenters. The molecule has 1 N–H and O–H groups in total. The Hall–Kier alpha value is -1.80. The highest BCUT2D eigenvalue weighted by Crippen LogP contribution is 2.27. The van der Waals surface area contributed by atoms with Crippen LogP contribution in [0.15, 0.2) is 6.08 Å². The molecule has 6 heteroatoms. The standard InChI is InChI=1S/C18H25ClN4O/c1-3-4-12-23-17(19)15(14(2)22-23)8-9-16(24)21-18(13-20)10-6-5-7-11-18/h8-9H,3-7,10-12H2,1-2H3,(H,21,24)/b9-8+. The zero-order valence-electron chi connectivity index (χ0n) is 14.4. The Balaban J connectivity index is 2.06. The Morgan fingerprint density at radius 2 is 2.17 bits per heavy atom. The number of nitrogens with one attached hydrogen (secondary N) is 1. The van der Waals surface area contributed by atoms with Gasteiger partial charge in [0.25, 0.3) is 0 Å². The fourth-order valence-electron chi connectivity index (χ4n) is 3.07. The van der Waals surface area contributed by atoms with E-state index in [2.05, 4.69) is 23.4 Å². The molecular formula is C18H25ClN4O. The first kappa shape index (κ1) is 18.5. The van der Waals surface area contributed by atoms with Gasteiger partial charge in [0.2, 0.25) is 5.91 Å². The number of nitrogens with zero attached hydrogens (tertiary/aromatic N) is 3. The summed E-state index contributed by atoms with van der Waals surface area (Å²) in [5.74, 6) is -0.254. The average Bonchev–Trinajstić information content (AvgIpc) is 2.85. The number of hydrogen-bond acceptors (Lipinski definition) is 3. The summed E-state index contributed by atoms with van der Waals surface area (Å²) in [7, 11) is 0. The van der Waals surface area contributed by atoms with Crippen molar-refractivity contribution in [2.45, 2.75) is 70.9 Å². The van der Waals surface area contributed by atoms with E-state index in [0.29, 0.717) is 5.15 Å². The topological polar surface area (TPSA) is 70.7 Å². The Morgan fingerprint density at radius 3 is 2.79 bits per heavy atom. The average molecular weight is 349 g/mol.